The van der Waals surface area contributed by atoms with Gasteiger partial charge < -0.3 is 9.88 Å². The molecule has 0 radical (unpaired) electrons. The van der Waals surface area contributed by atoms with E-state index in [1.165, 1.54) is 10.9 Å². The number of aromatic nitrogens is 2. The normalized spacial score (nSPS) is 10.7. The van der Waals surface area contributed by atoms with Crippen molar-refractivity contribution in [3.8, 4) is 6.07 Å². The van der Waals surface area contributed by atoms with Crippen molar-refractivity contribution >= 4 is 11.0 Å². The molecule has 0 spiro atoms. The summed E-state index contributed by atoms with van der Waals surface area (Å²) >= 11 is 0. The van der Waals surface area contributed by atoms with E-state index in [9.17, 15) is 0 Å². The van der Waals surface area contributed by atoms with Gasteiger partial charge >= 0.3 is 0 Å². The van der Waals surface area contributed by atoms with Crippen molar-refractivity contribution in [3.63, 3.8) is 0 Å². The summed E-state index contributed by atoms with van der Waals surface area (Å²) in [4.78, 5) is 4.44. The zero-order valence-electron chi connectivity index (χ0n) is 10.7. The molecule has 2 aromatic rings. The molecule has 0 aliphatic heterocycles. The van der Waals surface area contributed by atoms with E-state index in [0.29, 0.717) is 6.42 Å². The van der Waals surface area contributed by atoms with Crippen LogP contribution in [0, 0.1) is 11.3 Å². The largest absolute Gasteiger partial charge is 0.332 e. The molecule has 4 heteroatoms. The van der Waals surface area contributed by atoms with Gasteiger partial charge in [-0.2, -0.15) is 5.26 Å². The van der Waals surface area contributed by atoms with Crippen molar-refractivity contribution in [1.29, 1.82) is 5.26 Å². The van der Waals surface area contributed by atoms with E-state index < -0.39 is 0 Å². The number of rotatable bonds is 6. The van der Waals surface area contributed by atoms with Crippen LogP contribution < -0.4 is 5.32 Å². The standard InChI is InChI=1S/C14H18N4/c1-2-16-10-12-11-18(9-4-3-7-15)14-13(12)6-5-8-17-14/h5-6,8,11,16H,2-4,9-10H2,1H3. The van der Waals surface area contributed by atoms with Gasteiger partial charge in [0.2, 0.25) is 0 Å². The highest BCUT2D eigenvalue weighted by Crippen LogP contribution is 2.19. The van der Waals surface area contributed by atoms with Crippen LogP contribution in [0.5, 0.6) is 0 Å². The molecule has 0 saturated carbocycles. The molecule has 2 rings (SSSR count). The minimum Gasteiger partial charge on any atom is -0.332 e. The van der Waals surface area contributed by atoms with E-state index in [4.69, 9.17) is 5.26 Å². The number of nitrogens with zero attached hydrogens (tertiary/aromatic N) is 3. The Hall–Kier alpha value is -1.86. The Balaban J connectivity index is 2.26. The average molecular weight is 242 g/mol. The second-order valence-corrected chi connectivity index (χ2v) is 4.26. The molecule has 0 unspecified atom stereocenters. The van der Waals surface area contributed by atoms with Gasteiger partial charge in [-0.25, -0.2) is 4.98 Å². The fourth-order valence-electron chi connectivity index (χ4n) is 2.09. The molecular weight excluding hydrogens is 224 g/mol. The molecule has 0 saturated heterocycles. The molecule has 4 nitrogen and oxygen atoms in total. The van der Waals surface area contributed by atoms with E-state index in [2.05, 4.69) is 40.1 Å². The van der Waals surface area contributed by atoms with Gasteiger partial charge in [0.15, 0.2) is 0 Å². The third kappa shape index (κ3) is 2.69. The minimum atomic E-state index is 0.592. The molecule has 94 valence electrons. The van der Waals surface area contributed by atoms with Crippen molar-refractivity contribution < 1.29 is 0 Å². The highest BCUT2D eigenvalue weighted by atomic mass is 15.0. The van der Waals surface area contributed by atoms with Gasteiger partial charge in [0.1, 0.15) is 5.65 Å². The van der Waals surface area contributed by atoms with Crippen molar-refractivity contribution in [3.05, 3.63) is 30.1 Å². The molecule has 18 heavy (non-hydrogen) atoms. The minimum absolute atomic E-state index is 0.592. The molecule has 0 aliphatic rings. The van der Waals surface area contributed by atoms with Crippen LogP contribution >= 0.6 is 0 Å². The van der Waals surface area contributed by atoms with Gasteiger partial charge in [-0.1, -0.05) is 6.92 Å². The molecule has 0 fully saturated rings. The first-order valence-corrected chi connectivity index (χ1v) is 6.37. The van der Waals surface area contributed by atoms with E-state index in [0.717, 1.165) is 31.7 Å². The zero-order valence-corrected chi connectivity index (χ0v) is 10.7. The molecule has 0 atom stereocenters. The van der Waals surface area contributed by atoms with Crippen LogP contribution in [0.1, 0.15) is 25.3 Å². The summed E-state index contributed by atoms with van der Waals surface area (Å²) in [5, 5.41) is 13.1. The third-order valence-electron chi connectivity index (χ3n) is 2.97. The number of hydrogen-bond donors (Lipinski definition) is 1. The van der Waals surface area contributed by atoms with E-state index in [1.54, 1.807) is 0 Å². The van der Waals surface area contributed by atoms with Gasteiger partial charge in [0.05, 0.1) is 6.07 Å². The van der Waals surface area contributed by atoms with Gasteiger partial charge in [-0.05, 0) is 30.7 Å². The summed E-state index contributed by atoms with van der Waals surface area (Å²) in [5.41, 5.74) is 2.29. The predicted octanol–water partition coefficient (Wildman–Crippen LogP) is 2.45. The first-order chi connectivity index (χ1) is 8.86. The number of hydrogen-bond acceptors (Lipinski definition) is 3. The summed E-state index contributed by atoms with van der Waals surface area (Å²) in [6.07, 6.45) is 5.43. The molecule has 0 amide bonds. The Kier molecular flexibility index (Phi) is 4.32. The van der Waals surface area contributed by atoms with Crippen molar-refractivity contribution in [1.82, 2.24) is 14.9 Å². The van der Waals surface area contributed by atoms with Crippen molar-refractivity contribution in [2.45, 2.75) is 32.9 Å². The van der Waals surface area contributed by atoms with E-state index in [-0.39, 0.29) is 0 Å². The second kappa shape index (κ2) is 6.18. The number of aryl methyl sites for hydroxylation is 1. The molecule has 1 N–H and O–H groups in total. The lowest BCUT2D eigenvalue weighted by Gasteiger charge is -2.01. The van der Waals surface area contributed by atoms with Crippen LogP contribution in [0.2, 0.25) is 0 Å². The maximum absolute atomic E-state index is 8.59. The number of pyridine rings is 1. The Morgan fingerprint density at radius 3 is 3.17 bits per heavy atom. The Labute approximate surface area is 107 Å². The van der Waals surface area contributed by atoms with Crippen LogP contribution in [0.15, 0.2) is 24.5 Å². The Morgan fingerprint density at radius 1 is 1.50 bits per heavy atom. The lowest BCUT2D eigenvalue weighted by molar-refractivity contribution is 0.662. The lowest BCUT2D eigenvalue weighted by Crippen LogP contribution is -2.11. The second-order valence-electron chi connectivity index (χ2n) is 4.26. The average Bonchev–Trinajstić information content (AvgIpc) is 2.76. The van der Waals surface area contributed by atoms with Gasteiger partial charge in [0, 0.05) is 37.3 Å². The van der Waals surface area contributed by atoms with Crippen molar-refractivity contribution in [2.24, 2.45) is 0 Å². The summed E-state index contributed by atoms with van der Waals surface area (Å²) in [6, 6.07) is 6.26. The predicted molar refractivity (Wildman–Crippen MR) is 72.0 cm³/mol. The van der Waals surface area contributed by atoms with Crippen LogP contribution in [-0.4, -0.2) is 16.1 Å². The number of fused-ring (bicyclic) bond motifs is 1. The highest BCUT2D eigenvalue weighted by Gasteiger charge is 2.08. The van der Waals surface area contributed by atoms with Crippen LogP contribution in [-0.2, 0) is 13.1 Å². The maximum atomic E-state index is 8.59. The number of nitriles is 1. The molecule has 0 aliphatic carbocycles. The zero-order chi connectivity index (χ0) is 12.8. The molecule has 2 heterocycles. The van der Waals surface area contributed by atoms with Crippen LogP contribution in [0.25, 0.3) is 11.0 Å². The van der Waals surface area contributed by atoms with E-state index in [1.807, 2.05) is 12.3 Å². The summed E-state index contributed by atoms with van der Waals surface area (Å²) in [6.45, 7) is 4.78. The third-order valence-corrected chi connectivity index (χ3v) is 2.97. The van der Waals surface area contributed by atoms with E-state index >= 15 is 0 Å². The van der Waals surface area contributed by atoms with Crippen LogP contribution in [0.3, 0.4) is 0 Å². The number of unbranched alkanes of at least 4 members (excludes halogenated alkanes) is 1. The quantitative estimate of drug-likeness (QED) is 0.792. The summed E-state index contributed by atoms with van der Waals surface area (Å²) in [7, 11) is 0. The van der Waals surface area contributed by atoms with Crippen molar-refractivity contribution in [2.75, 3.05) is 6.54 Å². The fourth-order valence-corrected chi connectivity index (χ4v) is 2.09. The molecule has 0 bridgehead atoms. The SMILES string of the molecule is CCNCc1cn(CCCC#N)c2ncccc12. The van der Waals surface area contributed by atoms with Gasteiger partial charge in [0.25, 0.3) is 0 Å². The highest BCUT2D eigenvalue weighted by molar-refractivity contribution is 5.80. The van der Waals surface area contributed by atoms with Gasteiger partial charge in [-0.3, -0.25) is 0 Å². The smallest absolute Gasteiger partial charge is 0.140 e. The first kappa shape index (κ1) is 12.6. The van der Waals surface area contributed by atoms with Gasteiger partial charge in [-0.15, -0.1) is 0 Å². The monoisotopic (exact) mass is 242 g/mol. The summed E-state index contributed by atoms with van der Waals surface area (Å²) < 4.78 is 2.15. The lowest BCUT2D eigenvalue weighted by atomic mass is 10.2. The van der Waals surface area contributed by atoms with Crippen LogP contribution in [0.4, 0.5) is 0 Å². The fraction of sp³-hybridized carbons (Fsp3) is 0.429. The molecule has 0 aromatic carbocycles. The number of nitrogens with one attached hydrogen (secondary N) is 1. The summed E-state index contributed by atoms with van der Waals surface area (Å²) in [5.74, 6) is 0. The Bertz CT molecular complexity index is 550. The maximum Gasteiger partial charge on any atom is 0.140 e. The Morgan fingerprint density at radius 2 is 2.39 bits per heavy atom. The first-order valence-electron chi connectivity index (χ1n) is 6.37. The topological polar surface area (TPSA) is 53.6 Å². The molecule has 2 aromatic heterocycles. The molecular formula is C14H18N4.